The number of anilines is 2. The van der Waals surface area contributed by atoms with Crippen LogP contribution in [-0.2, 0) is 19.5 Å². The molecule has 0 atom stereocenters. The van der Waals surface area contributed by atoms with E-state index in [9.17, 15) is 4.79 Å². The Bertz CT molecular complexity index is 1220. The standard InChI is InChI=1S/C23H26N6O/c1-4-17-8-10-18(11-9-17)13-25-22-27-23-26-19(12-21(30)29(23)28-22)14-24-20-7-5-6-15(2)16(20)3/h5-12,24H,4,13-14H2,1-3H3,(H2,25,26,27,28). The predicted molar refractivity (Wildman–Crippen MR) is 120 cm³/mol. The SMILES string of the molecule is CCc1ccc(CNc2nc3nc(CNc4cccc(C)c4C)cc(=O)n3[nH]2)cc1. The maximum absolute atomic E-state index is 12.5. The third kappa shape index (κ3) is 4.20. The summed E-state index contributed by atoms with van der Waals surface area (Å²) in [5, 5.41) is 9.56. The molecule has 2 aromatic heterocycles. The molecule has 0 saturated carbocycles. The molecule has 0 unspecified atom stereocenters. The van der Waals surface area contributed by atoms with Crippen molar-refractivity contribution in [2.75, 3.05) is 10.6 Å². The molecule has 0 aliphatic heterocycles. The van der Waals surface area contributed by atoms with Crippen molar-refractivity contribution in [3.05, 3.63) is 86.8 Å². The van der Waals surface area contributed by atoms with Crippen molar-refractivity contribution < 1.29 is 0 Å². The molecule has 4 rings (SSSR count). The number of nitrogens with one attached hydrogen (secondary N) is 3. The minimum Gasteiger partial charge on any atom is -0.379 e. The number of rotatable bonds is 7. The molecule has 0 amide bonds. The van der Waals surface area contributed by atoms with Gasteiger partial charge in [0, 0.05) is 18.3 Å². The fourth-order valence-electron chi connectivity index (χ4n) is 3.30. The average Bonchev–Trinajstić information content (AvgIpc) is 3.17. The summed E-state index contributed by atoms with van der Waals surface area (Å²) in [6, 6.07) is 16.1. The largest absolute Gasteiger partial charge is 0.379 e. The van der Waals surface area contributed by atoms with Gasteiger partial charge in [0.25, 0.3) is 11.3 Å². The van der Waals surface area contributed by atoms with E-state index in [1.807, 2.05) is 12.1 Å². The van der Waals surface area contributed by atoms with Crippen LogP contribution >= 0.6 is 0 Å². The summed E-state index contributed by atoms with van der Waals surface area (Å²) in [6.07, 6.45) is 1.02. The highest BCUT2D eigenvalue weighted by Gasteiger charge is 2.09. The zero-order valence-electron chi connectivity index (χ0n) is 17.5. The quantitative estimate of drug-likeness (QED) is 0.437. The smallest absolute Gasteiger partial charge is 0.274 e. The van der Waals surface area contributed by atoms with E-state index in [1.165, 1.54) is 27.3 Å². The summed E-state index contributed by atoms with van der Waals surface area (Å²) in [7, 11) is 0. The monoisotopic (exact) mass is 402 g/mol. The first-order chi connectivity index (χ1) is 14.5. The van der Waals surface area contributed by atoms with Crippen molar-refractivity contribution in [1.82, 2.24) is 19.6 Å². The second kappa shape index (κ2) is 8.41. The Kier molecular flexibility index (Phi) is 5.52. The van der Waals surface area contributed by atoms with Gasteiger partial charge in [-0.05, 0) is 48.6 Å². The Balaban J connectivity index is 1.48. The van der Waals surface area contributed by atoms with Crippen LogP contribution in [0.25, 0.3) is 5.78 Å². The lowest BCUT2D eigenvalue weighted by molar-refractivity contribution is 0.874. The molecule has 4 aromatic rings. The number of aryl methyl sites for hydroxylation is 2. The van der Waals surface area contributed by atoms with Crippen molar-refractivity contribution in [2.24, 2.45) is 0 Å². The molecule has 154 valence electrons. The number of H-pyrrole nitrogens is 1. The van der Waals surface area contributed by atoms with E-state index in [1.54, 1.807) is 0 Å². The van der Waals surface area contributed by atoms with E-state index >= 15 is 0 Å². The molecule has 0 aliphatic carbocycles. The van der Waals surface area contributed by atoms with Crippen molar-refractivity contribution in [2.45, 2.75) is 40.3 Å². The average molecular weight is 403 g/mol. The first-order valence-electron chi connectivity index (χ1n) is 10.1. The van der Waals surface area contributed by atoms with Crippen molar-refractivity contribution in [1.29, 1.82) is 0 Å². The highest BCUT2D eigenvalue weighted by Crippen LogP contribution is 2.18. The first-order valence-corrected chi connectivity index (χ1v) is 10.1. The Labute approximate surface area is 175 Å². The lowest BCUT2D eigenvalue weighted by Crippen LogP contribution is -2.17. The number of benzene rings is 2. The third-order valence-electron chi connectivity index (χ3n) is 5.34. The highest BCUT2D eigenvalue weighted by molar-refractivity contribution is 5.53. The maximum Gasteiger partial charge on any atom is 0.274 e. The topological polar surface area (TPSA) is 87.1 Å². The summed E-state index contributed by atoms with van der Waals surface area (Å²) >= 11 is 0. The van der Waals surface area contributed by atoms with Crippen LogP contribution in [0.3, 0.4) is 0 Å². The second-order valence-corrected chi connectivity index (χ2v) is 7.42. The summed E-state index contributed by atoms with van der Waals surface area (Å²) in [5.74, 6) is 0.864. The summed E-state index contributed by atoms with van der Waals surface area (Å²) in [6.45, 7) is 7.35. The molecule has 0 fully saturated rings. The number of aromatic nitrogens is 4. The van der Waals surface area contributed by atoms with Gasteiger partial charge >= 0.3 is 0 Å². The zero-order chi connectivity index (χ0) is 21.1. The van der Waals surface area contributed by atoms with Crippen molar-refractivity contribution in [3.8, 4) is 0 Å². The number of hydrogen-bond donors (Lipinski definition) is 3. The minimum atomic E-state index is -0.189. The van der Waals surface area contributed by atoms with E-state index in [-0.39, 0.29) is 5.56 Å². The van der Waals surface area contributed by atoms with Gasteiger partial charge in [-0.2, -0.15) is 9.50 Å². The molecule has 7 heteroatoms. The first kappa shape index (κ1) is 19.7. The lowest BCUT2D eigenvalue weighted by atomic mass is 10.1. The molecule has 3 N–H and O–H groups in total. The van der Waals surface area contributed by atoms with Crippen LogP contribution in [0, 0.1) is 13.8 Å². The van der Waals surface area contributed by atoms with Crippen LogP contribution < -0.4 is 16.2 Å². The van der Waals surface area contributed by atoms with Gasteiger partial charge in [0.1, 0.15) is 0 Å². The van der Waals surface area contributed by atoms with E-state index in [2.05, 4.69) is 76.8 Å². The molecule has 0 radical (unpaired) electrons. The second-order valence-electron chi connectivity index (χ2n) is 7.42. The normalized spacial score (nSPS) is 11.0. The van der Waals surface area contributed by atoms with Gasteiger partial charge in [-0.15, -0.1) is 0 Å². The molecule has 0 spiro atoms. The number of hydrogen-bond acceptors (Lipinski definition) is 5. The fraction of sp³-hybridized carbons (Fsp3) is 0.261. The molecule has 7 nitrogen and oxygen atoms in total. The molecule has 2 heterocycles. The van der Waals surface area contributed by atoms with Crippen LogP contribution in [0.5, 0.6) is 0 Å². The maximum atomic E-state index is 12.5. The molecule has 0 saturated heterocycles. The van der Waals surface area contributed by atoms with Gasteiger partial charge in [0.05, 0.1) is 12.2 Å². The van der Waals surface area contributed by atoms with Crippen LogP contribution in [0.15, 0.2) is 53.3 Å². The van der Waals surface area contributed by atoms with E-state index in [0.717, 1.165) is 17.7 Å². The van der Waals surface area contributed by atoms with Gasteiger partial charge < -0.3 is 10.6 Å². The van der Waals surface area contributed by atoms with E-state index < -0.39 is 0 Å². The molecular weight excluding hydrogens is 376 g/mol. The van der Waals surface area contributed by atoms with Crippen molar-refractivity contribution >= 4 is 17.4 Å². The van der Waals surface area contributed by atoms with Crippen LogP contribution in [0.1, 0.15) is 34.9 Å². The van der Waals surface area contributed by atoms with Gasteiger partial charge in [-0.3, -0.25) is 9.89 Å². The number of aromatic amines is 1. The summed E-state index contributed by atoms with van der Waals surface area (Å²) < 4.78 is 1.35. The Morgan fingerprint density at radius 2 is 1.73 bits per heavy atom. The molecule has 30 heavy (non-hydrogen) atoms. The van der Waals surface area contributed by atoms with Crippen molar-refractivity contribution in [3.63, 3.8) is 0 Å². The minimum absolute atomic E-state index is 0.189. The van der Waals surface area contributed by atoms with Gasteiger partial charge in [0.15, 0.2) is 0 Å². The molecule has 0 aliphatic rings. The predicted octanol–water partition coefficient (Wildman–Crippen LogP) is 3.82. The lowest BCUT2D eigenvalue weighted by Gasteiger charge is -2.10. The van der Waals surface area contributed by atoms with Gasteiger partial charge in [-0.25, -0.2) is 4.98 Å². The number of fused-ring (bicyclic) bond motifs is 1. The molecule has 2 aromatic carbocycles. The zero-order valence-corrected chi connectivity index (χ0v) is 17.5. The fourth-order valence-corrected chi connectivity index (χ4v) is 3.30. The summed E-state index contributed by atoms with van der Waals surface area (Å²) in [4.78, 5) is 21.4. The van der Waals surface area contributed by atoms with Crippen LogP contribution in [0.2, 0.25) is 0 Å². The highest BCUT2D eigenvalue weighted by atomic mass is 16.1. The van der Waals surface area contributed by atoms with Gasteiger partial charge in [-0.1, -0.05) is 43.3 Å². The Morgan fingerprint density at radius 3 is 2.50 bits per heavy atom. The summed E-state index contributed by atoms with van der Waals surface area (Å²) in [5.41, 5.74) is 6.35. The Morgan fingerprint density at radius 1 is 0.967 bits per heavy atom. The van der Waals surface area contributed by atoms with E-state index in [0.29, 0.717) is 30.5 Å². The molecule has 0 bridgehead atoms. The van der Waals surface area contributed by atoms with Crippen LogP contribution in [0.4, 0.5) is 11.6 Å². The third-order valence-corrected chi connectivity index (χ3v) is 5.34. The Hall–Kier alpha value is -3.61. The number of nitrogens with zero attached hydrogens (tertiary/aromatic N) is 3. The van der Waals surface area contributed by atoms with E-state index in [4.69, 9.17) is 0 Å². The molecular formula is C23H26N6O. The van der Waals surface area contributed by atoms with Gasteiger partial charge in [0.2, 0.25) is 5.95 Å². The van der Waals surface area contributed by atoms with Crippen LogP contribution in [-0.4, -0.2) is 19.6 Å².